The van der Waals surface area contributed by atoms with E-state index in [9.17, 15) is 9.90 Å². The van der Waals surface area contributed by atoms with Gasteiger partial charge in [-0.2, -0.15) is 0 Å². The normalized spacial score (nSPS) is 48.5. The van der Waals surface area contributed by atoms with Crippen molar-refractivity contribution in [1.82, 2.24) is 0 Å². The molecule has 3 aliphatic rings. The number of rotatable bonds is 1. The standard InChI is InChI=1S/C14H20O3/c1-14-11(8-17-13(14)16)4-3-10-6-9(7-15)2-5-12(10)14/h3-4,9-12,15H,2,5-8H2,1H3/t9-,10-,11+,12-,14-/m0/s1. The Bertz CT molecular complexity index is 362. The number of hydrogen-bond acceptors (Lipinski definition) is 3. The van der Waals surface area contributed by atoms with E-state index in [2.05, 4.69) is 19.1 Å². The van der Waals surface area contributed by atoms with E-state index in [1.807, 2.05) is 0 Å². The fourth-order valence-electron chi connectivity index (χ4n) is 4.02. The maximum atomic E-state index is 12.0. The molecule has 1 saturated heterocycles. The van der Waals surface area contributed by atoms with E-state index in [1.165, 1.54) is 0 Å². The van der Waals surface area contributed by atoms with Crippen LogP contribution in [0.25, 0.3) is 0 Å². The van der Waals surface area contributed by atoms with Gasteiger partial charge in [-0.3, -0.25) is 4.79 Å². The van der Waals surface area contributed by atoms with Gasteiger partial charge in [0.1, 0.15) is 0 Å². The molecule has 5 atom stereocenters. The maximum absolute atomic E-state index is 12.0. The average Bonchev–Trinajstić information content (AvgIpc) is 2.65. The molecule has 2 aliphatic carbocycles. The number of aliphatic hydroxyl groups excluding tert-OH is 1. The number of ether oxygens (including phenoxy) is 1. The molecule has 0 amide bonds. The first-order chi connectivity index (χ1) is 8.16. The number of fused-ring (bicyclic) bond motifs is 3. The molecule has 3 rings (SSSR count). The minimum Gasteiger partial charge on any atom is -0.465 e. The molecule has 1 heterocycles. The number of cyclic esters (lactones) is 1. The summed E-state index contributed by atoms with van der Waals surface area (Å²) in [4.78, 5) is 12.0. The fraction of sp³-hybridized carbons (Fsp3) is 0.786. The highest BCUT2D eigenvalue weighted by Gasteiger charge is 2.56. The summed E-state index contributed by atoms with van der Waals surface area (Å²) >= 11 is 0. The van der Waals surface area contributed by atoms with Crippen molar-refractivity contribution in [1.29, 1.82) is 0 Å². The number of allylic oxidation sites excluding steroid dienone is 1. The predicted octanol–water partition coefficient (Wildman–Crippen LogP) is 1.76. The zero-order valence-electron chi connectivity index (χ0n) is 10.3. The second-order valence-electron chi connectivity index (χ2n) is 6.00. The van der Waals surface area contributed by atoms with Crippen LogP contribution >= 0.6 is 0 Å². The molecule has 0 radical (unpaired) electrons. The van der Waals surface area contributed by atoms with Crippen LogP contribution in [0.3, 0.4) is 0 Å². The Kier molecular flexibility index (Phi) is 2.54. The lowest BCUT2D eigenvalue weighted by Gasteiger charge is -2.45. The van der Waals surface area contributed by atoms with Crippen molar-refractivity contribution >= 4 is 5.97 Å². The van der Waals surface area contributed by atoms with Crippen molar-refractivity contribution in [2.45, 2.75) is 26.2 Å². The third-order valence-electron chi connectivity index (χ3n) is 5.23. The predicted molar refractivity (Wildman–Crippen MR) is 63.1 cm³/mol. The summed E-state index contributed by atoms with van der Waals surface area (Å²) in [6, 6.07) is 0. The molecule has 1 saturated carbocycles. The Balaban J connectivity index is 1.90. The quantitative estimate of drug-likeness (QED) is 0.557. The molecule has 0 spiro atoms. The van der Waals surface area contributed by atoms with Gasteiger partial charge in [-0.15, -0.1) is 0 Å². The Morgan fingerprint density at radius 2 is 2.29 bits per heavy atom. The largest absolute Gasteiger partial charge is 0.465 e. The van der Waals surface area contributed by atoms with Crippen molar-refractivity contribution in [3.63, 3.8) is 0 Å². The first-order valence-electron chi connectivity index (χ1n) is 6.62. The van der Waals surface area contributed by atoms with Crippen LogP contribution in [0.4, 0.5) is 0 Å². The summed E-state index contributed by atoms with van der Waals surface area (Å²) in [6.07, 6.45) is 7.55. The Morgan fingerprint density at radius 3 is 3.06 bits per heavy atom. The van der Waals surface area contributed by atoms with Gasteiger partial charge < -0.3 is 9.84 Å². The van der Waals surface area contributed by atoms with Crippen LogP contribution in [0, 0.1) is 29.1 Å². The molecular weight excluding hydrogens is 216 g/mol. The van der Waals surface area contributed by atoms with E-state index < -0.39 is 0 Å². The smallest absolute Gasteiger partial charge is 0.312 e. The van der Waals surface area contributed by atoms with Crippen LogP contribution in [0.1, 0.15) is 26.2 Å². The van der Waals surface area contributed by atoms with E-state index in [-0.39, 0.29) is 23.9 Å². The fourth-order valence-corrected chi connectivity index (χ4v) is 4.02. The summed E-state index contributed by atoms with van der Waals surface area (Å²) in [6.45, 7) is 2.91. The highest BCUT2D eigenvalue weighted by Crippen LogP contribution is 2.54. The van der Waals surface area contributed by atoms with Crippen LogP contribution in [0.15, 0.2) is 12.2 Å². The monoisotopic (exact) mass is 236 g/mol. The van der Waals surface area contributed by atoms with Crippen molar-refractivity contribution in [3.05, 3.63) is 12.2 Å². The lowest BCUT2D eigenvalue weighted by atomic mass is 9.56. The number of aliphatic hydroxyl groups is 1. The lowest BCUT2D eigenvalue weighted by Crippen LogP contribution is -2.45. The molecule has 0 bridgehead atoms. The zero-order chi connectivity index (χ0) is 12.0. The third-order valence-corrected chi connectivity index (χ3v) is 5.23. The summed E-state index contributed by atoms with van der Waals surface area (Å²) in [5.74, 6) is 1.53. The van der Waals surface area contributed by atoms with Crippen LogP contribution in [0.5, 0.6) is 0 Å². The first-order valence-corrected chi connectivity index (χ1v) is 6.62. The lowest BCUT2D eigenvalue weighted by molar-refractivity contribution is -0.150. The molecule has 3 heteroatoms. The second kappa shape index (κ2) is 3.84. The van der Waals surface area contributed by atoms with Crippen molar-refractivity contribution < 1.29 is 14.6 Å². The third kappa shape index (κ3) is 1.48. The van der Waals surface area contributed by atoms with Crippen LogP contribution < -0.4 is 0 Å². The Labute approximate surface area is 102 Å². The zero-order valence-corrected chi connectivity index (χ0v) is 10.3. The minimum absolute atomic E-state index is 0.00991. The summed E-state index contributed by atoms with van der Waals surface area (Å²) < 4.78 is 5.27. The second-order valence-corrected chi connectivity index (χ2v) is 6.00. The van der Waals surface area contributed by atoms with E-state index in [0.29, 0.717) is 24.4 Å². The van der Waals surface area contributed by atoms with Crippen LogP contribution in [-0.4, -0.2) is 24.3 Å². The van der Waals surface area contributed by atoms with Crippen LogP contribution in [-0.2, 0) is 9.53 Å². The van der Waals surface area contributed by atoms with Gasteiger partial charge >= 0.3 is 5.97 Å². The van der Waals surface area contributed by atoms with Gasteiger partial charge in [-0.25, -0.2) is 0 Å². The molecule has 1 aliphatic heterocycles. The Morgan fingerprint density at radius 1 is 1.47 bits per heavy atom. The molecule has 0 aromatic heterocycles. The van der Waals surface area contributed by atoms with E-state index >= 15 is 0 Å². The number of carbonyl (C=O) groups excluding carboxylic acids is 1. The number of hydrogen-bond donors (Lipinski definition) is 1. The Hall–Kier alpha value is -0.830. The van der Waals surface area contributed by atoms with Crippen molar-refractivity contribution in [3.8, 4) is 0 Å². The molecule has 17 heavy (non-hydrogen) atoms. The van der Waals surface area contributed by atoms with Gasteiger partial charge in [-0.1, -0.05) is 12.2 Å². The molecular formula is C14H20O3. The van der Waals surface area contributed by atoms with Gasteiger partial charge in [0.05, 0.1) is 12.0 Å². The first kappa shape index (κ1) is 11.3. The molecule has 94 valence electrons. The van der Waals surface area contributed by atoms with Crippen molar-refractivity contribution in [2.24, 2.45) is 29.1 Å². The number of carbonyl (C=O) groups is 1. The van der Waals surface area contributed by atoms with E-state index in [0.717, 1.165) is 19.3 Å². The highest BCUT2D eigenvalue weighted by atomic mass is 16.5. The maximum Gasteiger partial charge on any atom is 0.312 e. The highest BCUT2D eigenvalue weighted by molar-refractivity contribution is 5.80. The summed E-state index contributed by atoms with van der Waals surface area (Å²) in [5.41, 5.74) is -0.306. The van der Waals surface area contributed by atoms with Gasteiger partial charge in [-0.05, 0) is 43.9 Å². The number of esters is 1. The van der Waals surface area contributed by atoms with E-state index in [1.54, 1.807) is 0 Å². The summed E-state index contributed by atoms with van der Waals surface area (Å²) in [5, 5.41) is 9.27. The van der Waals surface area contributed by atoms with Gasteiger partial charge in [0.25, 0.3) is 0 Å². The average molecular weight is 236 g/mol. The van der Waals surface area contributed by atoms with Crippen molar-refractivity contribution in [2.75, 3.05) is 13.2 Å². The van der Waals surface area contributed by atoms with Gasteiger partial charge in [0.15, 0.2) is 0 Å². The van der Waals surface area contributed by atoms with Crippen LogP contribution in [0.2, 0.25) is 0 Å². The molecule has 2 fully saturated rings. The van der Waals surface area contributed by atoms with Gasteiger partial charge in [0.2, 0.25) is 0 Å². The molecule has 0 aromatic carbocycles. The molecule has 3 nitrogen and oxygen atoms in total. The molecule has 1 N–H and O–H groups in total. The van der Waals surface area contributed by atoms with E-state index in [4.69, 9.17) is 4.74 Å². The topological polar surface area (TPSA) is 46.5 Å². The molecule has 0 unspecified atom stereocenters. The minimum atomic E-state index is -0.306. The SMILES string of the molecule is C[C@]12C(=O)OC[C@H]1C=C[C@H]1C[C@@H](CO)CC[C@@H]12. The van der Waals surface area contributed by atoms with Gasteiger partial charge in [0, 0.05) is 12.5 Å². The summed E-state index contributed by atoms with van der Waals surface area (Å²) in [7, 11) is 0. The molecule has 0 aromatic rings.